The predicted octanol–water partition coefficient (Wildman–Crippen LogP) is 4.47. The molecule has 186 valence electrons. The van der Waals surface area contributed by atoms with Crippen molar-refractivity contribution in [3.05, 3.63) is 103 Å². The molecule has 0 saturated carbocycles. The molecule has 0 bridgehead atoms. The van der Waals surface area contributed by atoms with E-state index in [0.717, 1.165) is 21.8 Å². The summed E-state index contributed by atoms with van der Waals surface area (Å²) in [5.74, 6) is 0.265. The average Bonchev–Trinajstić information content (AvgIpc) is 3.16. The maximum absolute atomic E-state index is 13.7. The summed E-state index contributed by atoms with van der Waals surface area (Å²) in [6.07, 6.45) is 5.24. The Morgan fingerprint density at radius 2 is 1.89 bits per heavy atom. The van der Waals surface area contributed by atoms with Crippen LogP contribution >= 0.6 is 23.1 Å². The van der Waals surface area contributed by atoms with E-state index in [1.165, 1.54) is 11.3 Å². The van der Waals surface area contributed by atoms with Crippen molar-refractivity contribution < 1.29 is 14.3 Å². The molecule has 4 rings (SSSR count). The van der Waals surface area contributed by atoms with E-state index >= 15 is 0 Å². The van der Waals surface area contributed by atoms with Crippen LogP contribution in [0, 0.1) is 0 Å². The number of carbonyl (C=O) groups excluding carboxylic acids is 1. The number of allylic oxidation sites excluding steroid dienone is 1. The fraction of sp³-hybridized carbons (Fsp3) is 0.250. The molecule has 2 heterocycles. The Balaban J connectivity index is 1.84. The molecule has 0 unspecified atom stereocenters. The first kappa shape index (κ1) is 25.7. The number of esters is 1. The Morgan fingerprint density at radius 1 is 1.19 bits per heavy atom. The molecule has 0 fully saturated rings. The van der Waals surface area contributed by atoms with Crippen molar-refractivity contribution >= 4 is 35.1 Å². The minimum absolute atomic E-state index is 0.202. The van der Waals surface area contributed by atoms with Crippen LogP contribution in [-0.4, -0.2) is 29.5 Å². The van der Waals surface area contributed by atoms with Crippen LogP contribution in [0.15, 0.2) is 87.1 Å². The first-order chi connectivity index (χ1) is 17.3. The summed E-state index contributed by atoms with van der Waals surface area (Å²) in [6, 6.07) is 14.8. The van der Waals surface area contributed by atoms with Gasteiger partial charge in [0, 0.05) is 4.90 Å². The van der Waals surface area contributed by atoms with E-state index < -0.39 is 12.0 Å². The Hall–Kier alpha value is -3.36. The van der Waals surface area contributed by atoms with Crippen molar-refractivity contribution in [2.24, 2.45) is 4.99 Å². The molecule has 3 aromatic rings. The molecule has 1 aromatic heterocycles. The molecule has 2 aromatic carbocycles. The largest absolute Gasteiger partial charge is 0.490 e. The molecule has 36 heavy (non-hydrogen) atoms. The number of hydrogen-bond donors (Lipinski definition) is 0. The number of aromatic nitrogens is 1. The third kappa shape index (κ3) is 5.39. The Kier molecular flexibility index (Phi) is 7.96. The molecule has 1 aliphatic rings. The lowest BCUT2D eigenvalue weighted by Crippen LogP contribution is -2.40. The van der Waals surface area contributed by atoms with Crippen LogP contribution in [0.1, 0.15) is 37.9 Å². The number of fused-ring (bicyclic) bond motifs is 1. The molecule has 1 atom stereocenters. The number of ether oxygens (including phenoxy) is 2. The molecule has 0 N–H and O–H groups in total. The van der Waals surface area contributed by atoms with Gasteiger partial charge in [-0.05, 0) is 68.5 Å². The van der Waals surface area contributed by atoms with E-state index in [0.29, 0.717) is 27.2 Å². The van der Waals surface area contributed by atoms with E-state index in [2.05, 4.69) is 11.6 Å². The second kappa shape index (κ2) is 11.1. The number of benzene rings is 2. The molecule has 0 saturated heterocycles. The number of nitrogens with zero attached hydrogens (tertiary/aromatic N) is 2. The molecule has 1 aliphatic heterocycles. The molecule has 0 radical (unpaired) electrons. The lowest BCUT2D eigenvalue weighted by Gasteiger charge is -2.25. The quantitative estimate of drug-likeness (QED) is 0.249. The highest BCUT2D eigenvalue weighted by molar-refractivity contribution is 7.98. The summed E-state index contributed by atoms with van der Waals surface area (Å²) in [4.78, 5) is 33.2. The van der Waals surface area contributed by atoms with Gasteiger partial charge in [-0.25, -0.2) is 9.79 Å². The van der Waals surface area contributed by atoms with Crippen LogP contribution in [-0.2, 0) is 9.53 Å². The Morgan fingerprint density at radius 3 is 2.50 bits per heavy atom. The number of thiazole rings is 1. The fourth-order valence-corrected chi connectivity index (χ4v) is 5.38. The minimum atomic E-state index is -0.625. The summed E-state index contributed by atoms with van der Waals surface area (Å²) in [7, 11) is 0. The van der Waals surface area contributed by atoms with Crippen LogP contribution in [0.5, 0.6) is 5.75 Å². The smallest absolute Gasteiger partial charge is 0.338 e. The monoisotopic (exact) mass is 520 g/mol. The van der Waals surface area contributed by atoms with E-state index in [9.17, 15) is 9.59 Å². The maximum Gasteiger partial charge on any atom is 0.338 e. The van der Waals surface area contributed by atoms with Crippen LogP contribution < -0.4 is 19.6 Å². The summed E-state index contributed by atoms with van der Waals surface area (Å²) >= 11 is 2.94. The molecule has 6 nitrogen and oxygen atoms in total. The lowest BCUT2D eigenvalue weighted by molar-refractivity contribution is -0.143. The van der Waals surface area contributed by atoms with Gasteiger partial charge in [0.1, 0.15) is 12.4 Å². The third-order valence-corrected chi connectivity index (χ3v) is 7.29. The summed E-state index contributed by atoms with van der Waals surface area (Å²) in [6.45, 7) is 9.48. The Labute approximate surface area is 218 Å². The van der Waals surface area contributed by atoms with Crippen molar-refractivity contribution in [1.82, 2.24) is 4.57 Å². The second-order valence-electron chi connectivity index (χ2n) is 8.48. The van der Waals surface area contributed by atoms with Crippen molar-refractivity contribution in [2.75, 3.05) is 12.9 Å². The summed E-state index contributed by atoms with van der Waals surface area (Å²) in [5, 5.41) is 0. The van der Waals surface area contributed by atoms with Crippen LogP contribution in [0.2, 0.25) is 0 Å². The van der Waals surface area contributed by atoms with Crippen molar-refractivity contribution in [2.45, 2.75) is 37.8 Å². The van der Waals surface area contributed by atoms with Crippen LogP contribution in [0.25, 0.3) is 6.08 Å². The second-order valence-corrected chi connectivity index (χ2v) is 10.4. The summed E-state index contributed by atoms with van der Waals surface area (Å²) in [5.41, 5.74) is 2.42. The summed E-state index contributed by atoms with van der Waals surface area (Å²) < 4.78 is 13.2. The van der Waals surface area contributed by atoms with Gasteiger partial charge in [-0.2, -0.15) is 0 Å². The molecule has 0 spiro atoms. The predicted molar refractivity (Wildman–Crippen MR) is 145 cm³/mol. The third-order valence-electron chi connectivity index (χ3n) is 5.56. The van der Waals surface area contributed by atoms with Gasteiger partial charge in [-0.15, -0.1) is 11.8 Å². The van der Waals surface area contributed by atoms with Gasteiger partial charge in [0.15, 0.2) is 4.80 Å². The van der Waals surface area contributed by atoms with Gasteiger partial charge in [0.2, 0.25) is 0 Å². The average molecular weight is 521 g/mol. The minimum Gasteiger partial charge on any atom is -0.490 e. The Bertz CT molecular complexity index is 1480. The highest BCUT2D eigenvalue weighted by atomic mass is 32.2. The number of hydrogen-bond acceptors (Lipinski definition) is 7. The zero-order valence-corrected chi connectivity index (χ0v) is 22.3. The first-order valence-electron chi connectivity index (χ1n) is 11.5. The molecule has 0 amide bonds. The molecular weight excluding hydrogens is 492 g/mol. The highest BCUT2D eigenvalue weighted by Crippen LogP contribution is 2.32. The standard InChI is InChI=1S/C28H28N2O4S2/c1-6-15-33-21-11-7-19(8-12-21)16-23-26(31)30-25(20-9-13-22(35-5)14-10-20)24(27(32)34-17(2)3)18(4)29-28(30)36-23/h6-14,16-17,25H,1,15H2,2-5H3/b23-16-/t25-/m1/s1. The first-order valence-corrected chi connectivity index (χ1v) is 13.6. The van der Waals surface area contributed by atoms with E-state index in [1.807, 2.05) is 60.9 Å². The number of rotatable bonds is 8. The van der Waals surface area contributed by atoms with E-state index in [4.69, 9.17) is 9.47 Å². The topological polar surface area (TPSA) is 69.9 Å². The van der Waals surface area contributed by atoms with Crippen molar-refractivity contribution in [3.63, 3.8) is 0 Å². The van der Waals surface area contributed by atoms with Gasteiger partial charge >= 0.3 is 5.97 Å². The van der Waals surface area contributed by atoms with Crippen LogP contribution in [0.3, 0.4) is 0 Å². The molecule has 8 heteroatoms. The number of carbonyl (C=O) groups is 1. The maximum atomic E-state index is 13.7. The van der Waals surface area contributed by atoms with Gasteiger partial charge in [-0.3, -0.25) is 9.36 Å². The SMILES string of the molecule is C=CCOc1ccc(/C=c2\sc3n(c2=O)[C@H](c2ccc(SC)cc2)C(C(=O)OC(C)C)=C(C)N=3)cc1. The number of thioether (sulfide) groups is 1. The van der Waals surface area contributed by atoms with Crippen molar-refractivity contribution in [1.29, 1.82) is 0 Å². The van der Waals surface area contributed by atoms with Crippen molar-refractivity contribution in [3.8, 4) is 5.75 Å². The molecular formula is C28H28N2O4S2. The van der Waals surface area contributed by atoms with Crippen LogP contribution in [0.4, 0.5) is 0 Å². The molecule has 0 aliphatic carbocycles. The van der Waals surface area contributed by atoms with Gasteiger partial charge in [0.05, 0.1) is 27.9 Å². The normalized spacial score (nSPS) is 15.5. The van der Waals surface area contributed by atoms with E-state index in [1.54, 1.807) is 43.2 Å². The fourth-order valence-electron chi connectivity index (χ4n) is 3.93. The zero-order valence-electron chi connectivity index (χ0n) is 20.7. The van der Waals surface area contributed by atoms with E-state index in [-0.39, 0.29) is 11.7 Å². The van der Waals surface area contributed by atoms with Gasteiger partial charge in [0.25, 0.3) is 5.56 Å². The van der Waals surface area contributed by atoms with Gasteiger partial charge in [-0.1, -0.05) is 48.3 Å². The zero-order chi connectivity index (χ0) is 25.8. The highest BCUT2D eigenvalue weighted by Gasteiger charge is 2.33. The van der Waals surface area contributed by atoms with Gasteiger partial charge < -0.3 is 9.47 Å². The lowest BCUT2D eigenvalue weighted by atomic mass is 9.96.